The van der Waals surface area contributed by atoms with E-state index in [4.69, 9.17) is 11.6 Å². The molecule has 106 valence electrons. The van der Waals surface area contributed by atoms with Crippen molar-refractivity contribution in [3.63, 3.8) is 0 Å². The van der Waals surface area contributed by atoms with Crippen LogP contribution in [0.5, 0.6) is 0 Å². The van der Waals surface area contributed by atoms with Crippen LogP contribution >= 0.6 is 27.5 Å². The highest BCUT2D eigenvalue weighted by molar-refractivity contribution is 9.10. The highest BCUT2D eigenvalue weighted by atomic mass is 79.9. The molecular formula is C15H21BrClNO. The third-order valence-corrected chi connectivity index (χ3v) is 4.45. The first kappa shape index (κ1) is 16.5. The Morgan fingerprint density at radius 2 is 2.00 bits per heavy atom. The smallest absolute Gasteiger partial charge is 0.251 e. The molecule has 1 atom stereocenters. The lowest BCUT2D eigenvalue weighted by atomic mass is 9.99. The van der Waals surface area contributed by atoms with Crippen molar-refractivity contribution in [3.8, 4) is 0 Å². The number of alkyl halides is 1. The average molecular weight is 347 g/mol. The molecule has 1 N–H and O–H groups in total. The number of carbonyl (C=O) groups excluding carboxylic acids is 1. The summed E-state index contributed by atoms with van der Waals surface area (Å²) in [7, 11) is 0. The molecule has 0 fully saturated rings. The van der Waals surface area contributed by atoms with Gasteiger partial charge in [-0.15, -0.1) is 11.6 Å². The summed E-state index contributed by atoms with van der Waals surface area (Å²) in [6.07, 6.45) is 2.08. The third-order valence-electron chi connectivity index (χ3n) is 3.45. The fourth-order valence-corrected chi connectivity index (χ4v) is 3.04. The molecule has 1 unspecified atom stereocenters. The standard InChI is InChI=1S/C15H21BrClNO/c1-4-11(5-2)14(17)9-18-15(19)13-7-6-12(16)8-10(13)3/h6-8,11,14H,4-5,9H2,1-3H3,(H,18,19). The van der Waals surface area contributed by atoms with E-state index in [1.807, 2.05) is 25.1 Å². The van der Waals surface area contributed by atoms with Crippen LogP contribution in [0.3, 0.4) is 0 Å². The molecule has 0 aromatic heterocycles. The molecule has 4 heteroatoms. The van der Waals surface area contributed by atoms with E-state index in [-0.39, 0.29) is 11.3 Å². The predicted molar refractivity (Wildman–Crippen MR) is 84.9 cm³/mol. The van der Waals surface area contributed by atoms with E-state index in [1.54, 1.807) is 0 Å². The minimum absolute atomic E-state index is 0.00490. The highest BCUT2D eigenvalue weighted by Crippen LogP contribution is 2.19. The summed E-state index contributed by atoms with van der Waals surface area (Å²) in [6, 6.07) is 5.64. The van der Waals surface area contributed by atoms with Crippen LogP contribution in [0.4, 0.5) is 0 Å². The van der Waals surface area contributed by atoms with Gasteiger partial charge in [-0.1, -0.05) is 42.6 Å². The summed E-state index contributed by atoms with van der Waals surface area (Å²) in [5.74, 6) is 0.398. The van der Waals surface area contributed by atoms with Gasteiger partial charge in [-0.25, -0.2) is 0 Å². The summed E-state index contributed by atoms with van der Waals surface area (Å²) >= 11 is 9.71. The van der Waals surface area contributed by atoms with Crippen molar-refractivity contribution in [2.45, 2.75) is 39.0 Å². The highest BCUT2D eigenvalue weighted by Gasteiger charge is 2.17. The quantitative estimate of drug-likeness (QED) is 0.753. The van der Waals surface area contributed by atoms with Crippen LogP contribution < -0.4 is 5.32 Å². The molecule has 1 amide bonds. The summed E-state index contributed by atoms with van der Waals surface area (Å²) < 4.78 is 0.980. The zero-order chi connectivity index (χ0) is 14.4. The van der Waals surface area contributed by atoms with Gasteiger partial charge in [-0.05, 0) is 36.6 Å². The van der Waals surface area contributed by atoms with E-state index in [0.29, 0.717) is 18.0 Å². The van der Waals surface area contributed by atoms with Crippen LogP contribution in [-0.4, -0.2) is 17.8 Å². The van der Waals surface area contributed by atoms with Crippen LogP contribution in [0.2, 0.25) is 0 Å². The normalized spacial score (nSPS) is 12.5. The van der Waals surface area contributed by atoms with Crippen molar-refractivity contribution in [2.75, 3.05) is 6.54 Å². The zero-order valence-electron chi connectivity index (χ0n) is 11.7. The minimum atomic E-state index is -0.0541. The van der Waals surface area contributed by atoms with Crippen LogP contribution in [0, 0.1) is 12.8 Å². The Balaban J connectivity index is 2.60. The third kappa shape index (κ3) is 4.81. The van der Waals surface area contributed by atoms with Gasteiger partial charge in [-0.3, -0.25) is 4.79 Å². The van der Waals surface area contributed by atoms with E-state index in [0.717, 1.165) is 22.9 Å². The van der Waals surface area contributed by atoms with E-state index in [2.05, 4.69) is 35.1 Å². The molecule has 19 heavy (non-hydrogen) atoms. The molecule has 2 nitrogen and oxygen atoms in total. The molecule has 0 bridgehead atoms. The Labute approximate surface area is 129 Å². The van der Waals surface area contributed by atoms with Crippen molar-refractivity contribution >= 4 is 33.4 Å². The molecular weight excluding hydrogens is 326 g/mol. The van der Waals surface area contributed by atoms with Crippen molar-refractivity contribution in [1.29, 1.82) is 0 Å². The number of rotatable bonds is 6. The van der Waals surface area contributed by atoms with Gasteiger partial charge in [0.05, 0.1) is 5.38 Å². The van der Waals surface area contributed by atoms with Crippen molar-refractivity contribution in [2.24, 2.45) is 5.92 Å². The molecule has 0 saturated carbocycles. The molecule has 0 radical (unpaired) electrons. The molecule has 1 rings (SSSR count). The number of carbonyl (C=O) groups is 1. The summed E-state index contributed by atoms with van der Waals surface area (Å²) in [6.45, 7) is 6.70. The van der Waals surface area contributed by atoms with Crippen molar-refractivity contribution in [3.05, 3.63) is 33.8 Å². The largest absolute Gasteiger partial charge is 0.351 e. The number of nitrogens with one attached hydrogen (secondary N) is 1. The molecule has 0 aliphatic carbocycles. The first-order valence-corrected chi connectivity index (χ1v) is 7.90. The molecule has 1 aromatic carbocycles. The summed E-state index contributed by atoms with van der Waals surface area (Å²) in [5, 5.41) is 2.92. The van der Waals surface area contributed by atoms with E-state index < -0.39 is 0 Å². The van der Waals surface area contributed by atoms with E-state index in [9.17, 15) is 4.79 Å². The monoisotopic (exact) mass is 345 g/mol. The van der Waals surface area contributed by atoms with Crippen LogP contribution in [-0.2, 0) is 0 Å². The molecule has 0 aliphatic rings. The van der Waals surface area contributed by atoms with E-state index in [1.165, 1.54) is 0 Å². The van der Waals surface area contributed by atoms with Gasteiger partial charge in [-0.2, -0.15) is 0 Å². The number of amides is 1. The van der Waals surface area contributed by atoms with E-state index >= 15 is 0 Å². The van der Waals surface area contributed by atoms with Gasteiger partial charge < -0.3 is 5.32 Å². The van der Waals surface area contributed by atoms with Crippen LogP contribution in [0.1, 0.15) is 42.6 Å². The Morgan fingerprint density at radius 1 is 1.37 bits per heavy atom. The van der Waals surface area contributed by atoms with Crippen LogP contribution in [0.15, 0.2) is 22.7 Å². The second kappa shape index (κ2) is 7.91. The van der Waals surface area contributed by atoms with Gasteiger partial charge in [0.1, 0.15) is 0 Å². The lowest BCUT2D eigenvalue weighted by molar-refractivity contribution is 0.0951. The zero-order valence-corrected chi connectivity index (χ0v) is 14.0. The fraction of sp³-hybridized carbons (Fsp3) is 0.533. The second-order valence-electron chi connectivity index (χ2n) is 4.76. The SMILES string of the molecule is CCC(CC)C(Cl)CNC(=O)c1ccc(Br)cc1C. The summed E-state index contributed by atoms with van der Waals surface area (Å²) in [5.41, 5.74) is 1.66. The Morgan fingerprint density at radius 3 is 2.53 bits per heavy atom. The number of halogens is 2. The average Bonchev–Trinajstić information content (AvgIpc) is 2.37. The molecule has 0 aliphatic heterocycles. The Kier molecular flexibility index (Phi) is 6.87. The van der Waals surface area contributed by atoms with Gasteiger partial charge >= 0.3 is 0 Å². The maximum absolute atomic E-state index is 12.1. The maximum Gasteiger partial charge on any atom is 0.251 e. The van der Waals surface area contributed by atoms with Gasteiger partial charge in [0, 0.05) is 16.6 Å². The lowest BCUT2D eigenvalue weighted by Crippen LogP contribution is -2.33. The number of benzene rings is 1. The molecule has 0 saturated heterocycles. The lowest BCUT2D eigenvalue weighted by Gasteiger charge is -2.19. The topological polar surface area (TPSA) is 29.1 Å². The Hall–Kier alpha value is -0.540. The first-order chi connectivity index (χ1) is 8.99. The predicted octanol–water partition coefficient (Wildman–Crippen LogP) is 4.53. The van der Waals surface area contributed by atoms with Gasteiger partial charge in [0.2, 0.25) is 0 Å². The Bertz CT molecular complexity index is 432. The maximum atomic E-state index is 12.1. The van der Waals surface area contributed by atoms with Gasteiger partial charge in [0.15, 0.2) is 0 Å². The number of hydrogen-bond acceptors (Lipinski definition) is 1. The molecule has 0 heterocycles. The number of aryl methyl sites for hydroxylation is 1. The van der Waals surface area contributed by atoms with Crippen molar-refractivity contribution < 1.29 is 4.79 Å². The van der Waals surface area contributed by atoms with Crippen LogP contribution in [0.25, 0.3) is 0 Å². The summed E-state index contributed by atoms with van der Waals surface area (Å²) in [4.78, 5) is 12.1. The molecule has 0 spiro atoms. The minimum Gasteiger partial charge on any atom is -0.351 e. The molecule has 1 aromatic rings. The number of hydrogen-bond donors (Lipinski definition) is 1. The van der Waals surface area contributed by atoms with Crippen molar-refractivity contribution in [1.82, 2.24) is 5.32 Å². The fourth-order valence-electron chi connectivity index (χ4n) is 2.13. The second-order valence-corrected chi connectivity index (χ2v) is 6.24. The first-order valence-electron chi connectivity index (χ1n) is 6.68. The van der Waals surface area contributed by atoms with Gasteiger partial charge in [0.25, 0.3) is 5.91 Å².